The quantitative estimate of drug-likeness (QED) is 0.696. The van der Waals surface area contributed by atoms with Crippen LogP contribution in [-0.2, 0) is 27.3 Å². The van der Waals surface area contributed by atoms with Crippen LogP contribution >= 0.6 is 0 Å². The summed E-state index contributed by atoms with van der Waals surface area (Å²) in [6.07, 6.45) is 4.22. The van der Waals surface area contributed by atoms with Crippen molar-refractivity contribution in [3.63, 3.8) is 0 Å². The van der Waals surface area contributed by atoms with E-state index in [4.69, 9.17) is 0 Å². The van der Waals surface area contributed by atoms with Crippen molar-refractivity contribution in [3.8, 4) is 0 Å². The van der Waals surface area contributed by atoms with Crippen molar-refractivity contribution >= 4 is 35.2 Å². The highest BCUT2D eigenvalue weighted by Gasteiger charge is 2.32. The Bertz CT molecular complexity index is 1180. The molecule has 2 aromatic rings. The van der Waals surface area contributed by atoms with Crippen LogP contribution in [0.5, 0.6) is 0 Å². The molecule has 1 N–H and O–H groups in total. The number of nitrogens with one attached hydrogen (secondary N) is 1. The summed E-state index contributed by atoms with van der Waals surface area (Å²) in [7, 11) is 0. The number of aryl methyl sites for hydroxylation is 1. The first-order valence-corrected chi connectivity index (χ1v) is 10.9. The minimum absolute atomic E-state index is 0.130. The zero-order chi connectivity index (χ0) is 22.2. The van der Waals surface area contributed by atoms with E-state index in [0.29, 0.717) is 25.2 Å². The first kappa shape index (κ1) is 20.3. The number of carbonyl (C=O) groups excluding carboxylic acids is 3. The minimum Gasteiger partial charge on any atom is -0.330 e. The van der Waals surface area contributed by atoms with E-state index in [1.54, 1.807) is 17.9 Å². The third kappa shape index (κ3) is 3.74. The summed E-state index contributed by atoms with van der Waals surface area (Å²) in [5, 5.41) is 6.99. The Morgan fingerprint density at radius 1 is 1.09 bits per heavy atom. The predicted molar refractivity (Wildman–Crippen MR) is 118 cm³/mol. The van der Waals surface area contributed by atoms with E-state index in [9.17, 15) is 14.4 Å². The normalized spacial score (nSPS) is 20.1. The molecule has 0 bridgehead atoms. The first-order chi connectivity index (χ1) is 15.5. The van der Waals surface area contributed by atoms with Gasteiger partial charge in [0.15, 0.2) is 0 Å². The van der Waals surface area contributed by atoms with E-state index >= 15 is 0 Å². The molecule has 3 amide bonds. The number of carbonyl (C=O) groups is 3. The molecule has 32 heavy (non-hydrogen) atoms. The second-order valence-electron chi connectivity index (χ2n) is 8.43. The number of anilines is 1. The van der Waals surface area contributed by atoms with E-state index in [1.807, 2.05) is 24.3 Å². The van der Waals surface area contributed by atoms with Crippen molar-refractivity contribution in [2.45, 2.75) is 45.6 Å². The van der Waals surface area contributed by atoms with Gasteiger partial charge in [0.05, 0.1) is 11.6 Å². The maximum atomic E-state index is 12.8. The van der Waals surface area contributed by atoms with Crippen molar-refractivity contribution in [2.24, 2.45) is 15.9 Å². The van der Waals surface area contributed by atoms with Crippen molar-refractivity contribution in [2.75, 3.05) is 11.9 Å². The van der Waals surface area contributed by atoms with Crippen molar-refractivity contribution in [1.29, 1.82) is 0 Å². The molecule has 1 aliphatic carbocycles. The highest BCUT2D eigenvalue weighted by Crippen LogP contribution is 2.26. The second-order valence-corrected chi connectivity index (χ2v) is 8.43. The number of nitrogens with zero attached hydrogens (tertiary/aromatic N) is 5. The highest BCUT2D eigenvalue weighted by atomic mass is 16.2. The monoisotopic (exact) mass is 432 g/mol. The number of amides is 3. The zero-order valence-electron chi connectivity index (χ0n) is 17.9. The molecule has 9 heteroatoms. The van der Waals surface area contributed by atoms with Crippen molar-refractivity contribution in [3.05, 3.63) is 47.2 Å². The van der Waals surface area contributed by atoms with E-state index in [2.05, 4.69) is 20.4 Å². The lowest BCUT2D eigenvalue weighted by molar-refractivity contribution is -0.143. The fourth-order valence-corrected chi connectivity index (χ4v) is 4.54. The van der Waals surface area contributed by atoms with Gasteiger partial charge in [0.2, 0.25) is 0 Å². The third-order valence-corrected chi connectivity index (χ3v) is 6.20. The van der Waals surface area contributed by atoms with Gasteiger partial charge >= 0.3 is 11.8 Å². The third-order valence-electron chi connectivity index (χ3n) is 6.20. The molecule has 3 aliphatic rings. The largest absolute Gasteiger partial charge is 0.330 e. The van der Waals surface area contributed by atoms with Gasteiger partial charge in [-0.15, -0.1) is 0 Å². The molecule has 0 spiro atoms. The fraction of sp³-hybridized carbons (Fsp3) is 0.391. The Morgan fingerprint density at radius 3 is 2.75 bits per heavy atom. The van der Waals surface area contributed by atoms with E-state index in [1.165, 1.54) is 10.2 Å². The summed E-state index contributed by atoms with van der Waals surface area (Å²) in [6.45, 7) is 2.64. The number of hydrogen-bond donors (Lipinski definition) is 1. The number of hydrogen-bond acceptors (Lipinski definition) is 5. The lowest BCUT2D eigenvalue weighted by Crippen LogP contribution is -2.43. The van der Waals surface area contributed by atoms with Crippen LogP contribution in [-0.4, -0.2) is 50.6 Å². The highest BCUT2D eigenvalue weighted by molar-refractivity contribution is 6.39. The van der Waals surface area contributed by atoms with Crippen LogP contribution in [0, 0.1) is 12.8 Å². The average Bonchev–Trinajstić information content (AvgIpc) is 3.18. The van der Waals surface area contributed by atoms with Crippen LogP contribution in [0.3, 0.4) is 0 Å². The number of aliphatic imine (C=N–C) groups is 2. The molecule has 0 radical (unpaired) electrons. The van der Waals surface area contributed by atoms with Crippen molar-refractivity contribution < 1.29 is 14.4 Å². The van der Waals surface area contributed by atoms with Gasteiger partial charge in [0, 0.05) is 24.9 Å². The number of aromatic nitrogens is 2. The Labute approximate surface area is 185 Å². The molecule has 2 aliphatic heterocycles. The number of rotatable bonds is 1. The molecular formula is C23H24N6O3. The van der Waals surface area contributed by atoms with Crippen LogP contribution in [0.1, 0.15) is 42.5 Å². The molecule has 1 aromatic carbocycles. The molecule has 0 saturated heterocycles. The molecule has 1 unspecified atom stereocenters. The SMILES string of the molecule is Cc1cc(NC(=O)C(=O)N2CCc3ccccc3C2)n(C2=NC(=O)C3CCCCC3=N2)n1. The summed E-state index contributed by atoms with van der Waals surface area (Å²) in [5.41, 5.74) is 3.68. The standard InChI is InChI=1S/C23H24N6O3/c1-14-12-19(29(27-14)23-24-18-9-5-4-8-17(18)20(30)26-23)25-21(31)22(32)28-11-10-15-6-2-3-7-16(15)13-28/h2-3,6-7,12,17H,4-5,8-11,13H2,1H3,(H,25,31). The van der Waals surface area contributed by atoms with Crippen LogP contribution in [0.4, 0.5) is 5.82 Å². The molecule has 5 rings (SSSR count). The zero-order valence-corrected chi connectivity index (χ0v) is 17.9. The summed E-state index contributed by atoms with van der Waals surface area (Å²) in [4.78, 5) is 48.3. The Hall–Kier alpha value is -3.62. The van der Waals surface area contributed by atoms with Crippen molar-refractivity contribution in [1.82, 2.24) is 14.7 Å². The van der Waals surface area contributed by atoms with Gasteiger partial charge in [-0.2, -0.15) is 14.8 Å². The van der Waals surface area contributed by atoms with Gasteiger partial charge in [-0.1, -0.05) is 30.7 Å². The Morgan fingerprint density at radius 2 is 1.91 bits per heavy atom. The lowest BCUT2D eigenvalue weighted by Gasteiger charge is -2.28. The second kappa shape index (κ2) is 8.14. The lowest BCUT2D eigenvalue weighted by atomic mass is 9.86. The fourth-order valence-electron chi connectivity index (χ4n) is 4.54. The smallest absolute Gasteiger partial charge is 0.315 e. The maximum Gasteiger partial charge on any atom is 0.315 e. The average molecular weight is 432 g/mol. The molecule has 3 heterocycles. The minimum atomic E-state index is -0.753. The van der Waals surface area contributed by atoms with Crippen LogP contribution in [0.2, 0.25) is 0 Å². The molecule has 1 fully saturated rings. The Kier molecular flexibility index (Phi) is 5.16. The van der Waals surface area contributed by atoms with Gasteiger partial charge in [-0.3, -0.25) is 14.4 Å². The topological polar surface area (TPSA) is 109 Å². The van der Waals surface area contributed by atoms with Gasteiger partial charge in [-0.05, 0) is 43.7 Å². The molecular weight excluding hydrogens is 408 g/mol. The number of benzene rings is 1. The van der Waals surface area contributed by atoms with E-state index < -0.39 is 11.8 Å². The molecule has 1 saturated carbocycles. The summed E-state index contributed by atoms with van der Waals surface area (Å²) in [6, 6.07) is 9.56. The van der Waals surface area contributed by atoms with Crippen LogP contribution in [0.25, 0.3) is 0 Å². The Balaban J connectivity index is 1.35. The molecule has 9 nitrogen and oxygen atoms in total. The van der Waals surface area contributed by atoms with Gasteiger partial charge in [0.1, 0.15) is 5.82 Å². The van der Waals surface area contributed by atoms with Crippen LogP contribution < -0.4 is 5.32 Å². The summed E-state index contributed by atoms with van der Waals surface area (Å²) in [5.74, 6) is -1.43. The first-order valence-electron chi connectivity index (χ1n) is 10.9. The van der Waals surface area contributed by atoms with Gasteiger partial charge < -0.3 is 10.2 Å². The van der Waals surface area contributed by atoms with Gasteiger partial charge in [-0.25, -0.2) is 4.99 Å². The molecule has 1 aromatic heterocycles. The van der Waals surface area contributed by atoms with E-state index in [-0.39, 0.29) is 23.6 Å². The van der Waals surface area contributed by atoms with Gasteiger partial charge in [0.25, 0.3) is 11.9 Å². The summed E-state index contributed by atoms with van der Waals surface area (Å²) < 4.78 is 1.34. The molecule has 164 valence electrons. The summed E-state index contributed by atoms with van der Waals surface area (Å²) >= 11 is 0. The van der Waals surface area contributed by atoms with E-state index in [0.717, 1.165) is 37.0 Å². The maximum absolute atomic E-state index is 12.8. The molecule has 1 atom stereocenters. The predicted octanol–water partition coefficient (Wildman–Crippen LogP) is 2.09. The van der Waals surface area contributed by atoms with Crippen LogP contribution in [0.15, 0.2) is 40.3 Å². The number of fused-ring (bicyclic) bond motifs is 2.